The fourth-order valence-electron chi connectivity index (χ4n) is 0.154. The molecule has 0 heterocycles. The van der Waals surface area contributed by atoms with Crippen LogP contribution in [0.1, 0.15) is 0 Å². The van der Waals surface area contributed by atoms with Gasteiger partial charge < -0.3 is 0 Å². The number of alkyl halides is 4. The number of hydrogen-bond acceptors (Lipinski definition) is 2. The Balaban J connectivity index is 0. The summed E-state index contributed by atoms with van der Waals surface area (Å²) in [4.78, 5) is 0. The van der Waals surface area contributed by atoms with Crippen LogP contribution in [0.3, 0.4) is 0 Å². The van der Waals surface area contributed by atoms with Gasteiger partial charge in [-0.25, -0.2) is 0 Å². The predicted molar refractivity (Wildman–Crippen MR) is 35.7 cm³/mol. The van der Waals surface area contributed by atoms with Crippen LogP contribution in [0.2, 0.25) is 5.09 Å². The Bertz CT molecular complexity index is 220. The first-order valence-corrected chi connectivity index (χ1v) is 4.26. The zero-order chi connectivity index (χ0) is 11.3. The molecule has 0 saturated carbocycles. The zero-order valence-corrected chi connectivity index (χ0v) is 7.23. The molecule has 13 heavy (non-hydrogen) atoms. The van der Waals surface area contributed by atoms with Crippen molar-refractivity contribution in [2.24, 2.45) is 0 Å². The van der Waals surface area contributed by atoms with Crippen molar-refractivity contribution in [1.29, 1.82) is 0 Å². The SMILES string of the molecule is O=S(=O)(O)O.[Li][CH2]C(F)(F)C(F)F. The van der Waals surface area contributed by atoms with E-state index in [1.165, 1.54) is 0 Å². The van der Waals surface area contributed by atoms with E-state index in [4.69, 9.17) is 17.5 Å². The molecule has 0 aromatic rings. The van der Waals surface area contributed by atoms with Crippen molar-refractivity contribution in [2.75, 3.05) is 0 Å². The molecule has 0 unspecified atom stereocenters. The van der Waals surface area contributed by atoms with Gasteiger partial charge in [0.1, 0.15) is 0 Å². The maximum absolute atomic E-state index is 11.5. The number of hydrogen-bond donors (Lipinski definition) is 2. The van der Waals surface area contributed by atoms with E-state index in [0.29, 0.717) is 0 Å². The molecule has 0 aliphatic heterocycles. The van der Waals surface area contributed by atoms with Gasteiger partial charge in [0.15, 0.2) is 0 Å². The summed E-state index contributed by atoms with van der Waals surface area (Å²) in [7, 11) is -4.67. The fraction of sp³-hybridized carbons (Fsp3) is 1.00. The van der Waals surface area contributed by atoms with Crippen molar-refractivity contribution >= 4 is 28.1 Å². The maximum atomic E-state index is 11.5. The first kappa shape index (κ1) is 15.7. The van der Waals surface area contributed by atoms with E-state index in [1.807, 2.05) is 0 Å². The van der Waals surface area contributed by atoms with Crippen LogP contribution >= 0.6 is 0 Å². The standard InChI is InChI=1S/C3H3F4.Li.H2O4S/c1-3(6,7)2(4)5;;1-5(2,3)4/h2H,1H2;;(H2,1,2,3,4). The Labute approximate surface area is 81.1 Å². The fourth-order valence-corrected chi connectivity index (χ4v) is 0.154. The molecule has 0 bridgehead atoms. The minimum absolute atomic E-state index is 0.801. The molecule has 0 fully saturated rings. The van der Waals surface area contributed by atoms with Crippen LogP contribution in [0.5, 0.6) is 0 Å². The van der Waals surface area contributed by atoms with Gasteiger partial charge in [-0.2, -0.15) is 8.42 Å². The Morgan fingerprint density at radius 3 is 1.54 bits per heavy atom. The third-order valence-corrected chi connectivity index (χ3v) is 0.791. The molecule has 0 atom stereocenters. The second kappa shape index (κ2) is 5.82. The molecular formula is C3H5F4LiO4S. The van der Waals surface area contributed by atoms with E-state index in [2.05, 4.69) is 0 Å². The van der Waals surface area contributed by atoms with Crippen LogP contribution in [0.25, 0.3) is 0 Å². The molecule has 4 nitrogen and oxygen atoms in total. The predicted octanol–water partition coefficient (Wildman–Crippen LogP) is 0.821. The van der Waals surface area contributed by atoms with E-state index in [-0.39, 0.29) is 0 Å². The van der Waals surface area contributed by atoms with Gasteiger partial charge in [0, 0.05) is 0 Å². The molecule has 76 valence electrons. The molecule has 0 radical (unpaired) electrons. The second-order valence-corrected chi connectivity index (χ2v) is 2.76. The summed E-state index contributed by atoms with van der Waals surface area (Å²) in [6.07, 6.45) is -3.52. The Morgan fingerprint density at radius 2 is 1.54 bits per heavy atom. The van der Waals surface area contributed by atoms with Crippen LogP contribution < -0.4 is 0 Å². The van der Waals surface area contributed by atoms with Crippen LogP contribution in [-0.2, 0) is 10.4 Å². The van der Waals surface area contributed by atoms with Gasteiger partial charge in [-0.05, 0) is 0 Å². The van der Waals surface area contributed by atoms with Gasteiger partial charge in [-0.15, -0.1) is 0 Å². The first-order valence-electron chi connectivity index (χ1n) is 2.86. The van der Waals surface area contributed by atoms with Gasteiger partial charge in [0.25, 0.3) is 0 Å². The summed E-state index contributed by atoms with van der Waals surface area (Å²) in [6.45, 7) is 0. The van der Waals surface area contributed by atoms with Gasteiger partial charge in [-0.1, -0.05) is 0 Å². The average Bonchev–Trinajstić information content (AvgIpc) is 1.83. The first-order chi connectivity index (χ1) is 5.50. The van der Waals surface area contributed by atoms with Crippen LogP contribution in [0, 0.1) is 0 Å². The summed E-state index contributed by atoms with van der Waals surface area (Å²) in [5, 5.41) is -0.801. The topological polar surface area (TPSA) is 74.6 Å². The summed E-state index contributed by atoms with van der Waals surface area (Å²) < 4.78 is 76.8. The molecule has 0 aliphatic rings. The third kappa shape index (κ3) is 15.0. The molecule has 0 aromatic carbocycles. The summed E-state index contributed by atoms with van der Waals surface area (Å²) >= 11 is 1.02. The molecule has 0 aliphatic carbocycles. The molecular weight excluding hydrogens is 215 g/mol. The summed E-state index contributed by atoms with van der Waals surface area (Å²) in [6, 6.07) is 0. The van der Waals surface area contributed by atoms with Crippen molar-refractivity contribution < 1.29 is 35.1 Å². The number of halogens is 4. The van der Waals surface area contributed by atoms with Crippen molar-refractivity contribution in [3.8, 4) is 0 Å². The average molecular weight is 220 g/mol. The van der Waals surface area contributed by atoms with Crippen molar-refractivity contribution in [3.05, 3.63) is 0 Å². The Hall–Kier alpha value is 0.187. The molecule has 0 amide bonds. The van der Waals surface area contributed by atoms with Crippen LogP contribution in [-0.4, -0.2) is 47.6 Å². The Kier molecular flexibility index (Phi) is 7.01. The molecule has 0 rings (SSSR count). The third-order valence-electron chi connectivity index (χ3n) is 0.791. The summed E-state index contributed by atoms with van der Waals surface area (Å²) in [5.74, 6) is -3.79. The van der Waals surface area contributed by atoms with Gasteiger partial charge >= 0.3 is 63.1 Å². The quantitative estimate of drug-likeness (QED) is 0.410. The van der Waals surface area contributed by atoms with E-state index in [0.717, 1.165) is 17.7 Å². The van der Waals surface area contributed by atoms with E-state index < -0.39 is 27.8 Å². The normalized spacial score (nSPS) is 12.4. The monoisotopic (exact) mass is 220 g/mol. The van der Waals surface area contributed by atoms with E-state index >= 15 is 0 Å². The zero-order valence-electron chi connectivity index (χ0n) is 6.42. The van der Waals surface area contributed by atoms with Gasteiger partial charge in [-0.3, -0.25) is 9.11 Å². The molecule has 2 N–H and O–H groups in total. The van der Waals surface area contributed by atoms with E-state index in [9.17, 15) is 17.6 Å². The van der Waals surface area contributed by atoms with Crippen LogP contribution in [0.4, 0.5) is 17.6 Å². The van der Waals surface area contributed by atoms with Crippen molar-refractivity contribution in [2.45, 2.75) is 17.4 Å². The van der Waals surface area contributed by atoms with Gasteiger partial charge in [0.2, 0.25) is 0 Å². The number of rotatable bonds is 2. The molecule has 0 spiro atoms. The minimum atomic E-state index is -4.67. The summed E-state index contributed by atoms with van der Waals surface area (Å²) in [5.41, 5.74) is 0. The van der Waals surface area contributed by atoms with Gasteiger partial charge in [0.05, 0.1) is 0 Å². The second-order valence-electron chi connectivity index (χ2n) is 1.86. The van der Waals surface area contributed by atoms with E-state index in [1.54, 1.807) is 0 Å². The Morgan fingerprint density at radius 1 is 1.31 bits per heavy atom. The molecule has 10 heteroatoms. The van der Waals surface area contributed by atoms with Crippen molar-refractivity contribution in [3.63, 3.8) is 0 Å². The van der Waals surface area contributed by atoms with Crippen LogP contribution in [0.15, 0.2) is 0 Å². The molecule has 0 saturated heterocycles. The molecule has 0 aromatic heterocycles. The van der Waals surface area contributed by atoms with Crippen molar-refractivity contribution in [1.82, 2.24) is 0 Å².